The molecule has 0 unspecified atom stereocenters. The largest absolute Gasteiger partial charge is 0.450 e. The van der Waals surface area contributed by atoms with Crippen LogP contribution in [0.4, 0.5) is 4.39 Å². The summed E-state index contributed by atoms with van der Waals surface area (Å²) >= 11 is 6.09. The quantitative estimate of drug-likeness (QED) is 0.639. The maximum atomic E-state index is 14.8. The third-order valence-corrected chi connectivity index (χ3v) is 6.49. The maximum absolute atomic E-state index is 14.8. The molecule has 2 aliphatic rings. The first-order valence-corrected chi connectivity index (χ1v) is 11.2. The van der Waals surface area contributed by atoms with Crippen LogP contribution in [0.25, 0.3) is 11.0 Å². The zero-order valence-electron chi connectivity index (χ0n) is 17.4. The molecule has 3 heterocycles. The third-order valence-electron chi connectivity index (χ3n) is 6.26. The average molecular weight is 458 g/mol. The van der Waals surface area contributed by atoms with E-state index in [4.69, 9.17) is 20.8 Å². The lowest BCUT2D eigenvalue weighted by Crippen LogP contribution is -3.14. The number of fused-ring (bicyclic) bond motifs is 2. The first-order chi connectivity index (χ1) is 15.5. The second-order valence-corrected chi connectivity index (χ2v) is 8.64. The van der Waals surface area contributed by atoms with Crippen LogP contribution in [0.5, 0.6) is 0 Å². The van der Waals surface area contributed by atoms with Crippen LogP contribution in [0.2, 0.25) is 5.02 Å². The van der Waals surface area contributed by atoms with Crippen LogP contribution in [0.1, 0.15) is 34.1 Å². The first kappa shape index (κ1) is 21.1. The summed E-state index contributed by atoms with van der Waals surface area (Å²) in [7, 11) is 0. The van der Waals surface area contributed by atoms with Crippen molar-refractivity contribution < 1.29 is 23.2 Å². The third kappa shape index (κ3) is 3.70. The summed E-state index contributed by atoms with van der Waals surface area (Å²) in [5, 5.41) is 0.673. The van der Waals surface area contributed by atoms with E-state index in [0.717, 1.165) is 39.3 Å². The van der Waals surface area contributed by atoms with E-state index in [2.05, 4.69) is 0 Å². The maximum Gasteiger partial charge on any atom is 0.290 e. The van der Waals surface area contributed by atoms with Crippen LogP contribution in [-0.2, 0) is 4.74 Å². The molecule has 0 saturated carbocycles. The lowest BCUT2D eigenvalue weighted by molar-refractivity contribution is -0.908. The topological polar surface area (TPSA) is 64.2 Å². The molecule has 0 aliphatic carbocycles. The molecule has 1 N–H and O–H groups in total. The van der Waals surface area contributed by atoms with Gasteiger partial charge in [0.25, 0.3) is 5.91 Å². The number of carbonyl (C=O) groups excluding carboxylic acids is 1. The Hall–Kier alpha value is -2.74. The number of hydrogen-bond acceptors (Lipinski definition) is 4. The highest BCUT2D eigenvalue weighted by Crippen LogP contribution is 2.39. The van der Waals surface area contributed by atoms with E-state index in [1.165, 1.54) is 17.0 Å². The molecule has 1 amide bonds. The van der Waals surface area contributed by atoms with Gasteiger partial charge in [-0.15, -0.1) is 0 Å². The molecule has 2 aromatic carbocycles. The lowest BCUT2D eigenvalue weighted by Gasteiger charge is -2.27. The van der Waals surface area contributed by atoms with Crippen LogP contribution in [-0.4, -0.2) is 50.2 Å². The predicted molar refractivity (Wildman–Crippen MR) is 118 cm³/mol. The van der Waals surface area contributed by atoms with Crippen molar-refractivity contribution in [1.82, 2.24) is 4.90 Å². The Balaban J connectivity index is 1.55. The van der Waals surface area contributed by atoms with Gasteiger partial charge in [0, 0.05) is 23.6 Å². The molecule has 3 aromatic rings. The summed E-state index contributed by atoms with van der Waals surface area (Å²) in [6.07, 6.45) is 0.722. The molecule has 1 atom stereocenters. The molecule has 166 valence electrons. The van der Waals surface area contributed by atoms with Crippen LogP contribution >= 0.6 is 11.6 Å². The van der Waals surface area contributed by atoms with Gasteiger partial charge in [-0.05, 0) is 24.3 Å². The molecule has 2 aliphatic heterocycles. The Morgan fingerprint density at radius 1 is 1.12 bits per heavy atom. The summed E-state index contributed by atoms with van der Waals surface area (Å²) in [4.78, 5) is 29.8. The summed E-state index contributed by atoms with van der Waals surface area (Å²) in [5.41, 5.74) is 0.394. The van der Waals surface area contributed by atoms with Crippen molar-refractivity contribution in [1.29, 1.82) is 0 Å². The highest BCUT2D eigenvalue weighted by Gasteiger charge is 2.43. The SMILES string of the molecule is O=C1c2oc3ccc(Cl)cc3c(=O)c2[C@H](c2ccccc2F)N1CCC[NH+]1CCOCC1. The molecule has 6 nitrogen and oxygen atoms in total. The molecule has 0 bridgehead atoms. The van der Waals surface area contributed by atoms with E-state index in [1.54, 1.807) is 35.2 Å². The van der Waals surface area contributed by atoms with Crippen LogP contribution in [0.3, 0.4) is 0 Å². The molecule has 1 aromatic heterocycles. The Morgan fingerprint density at radius 3 is 2.69 bits per heavy atom. The Kier molecular flexibility index (Phi) is 5.71. The normalized spacial score (nSPS) is 19.0. The van der Waals surface area contributed by atoms with Crippen LogP contribution in [0, 0.1) is 5.82 Å². The second-order valence-electron chi connectivity index (χ2n) is 8.20. The fraction of sp³-hybridized carbons (Fsp3) is 0.333. The first-order valence-electron chi connectivity index (χ1n) is 10.8. The fourth-order valence-electron chi connectivity index (χ4n) is 4.65. The number of carbonyl (C=O) groups is 1. The average Bonchev–Trinajstić information content (AvgIpc) is 3.07. The molecule has 32 heavy (non-hydrogen) atoms. The van der Waals surface area contributed by atoms with Gasteiger partial charge in [-0.2, -0.15) is 0 Å². The molecule has 0 radical (unpaired) electrons. The zero-order chi connectivity index (χ0) is 22.2. The molecule has 5 rings (SSSR count). The van der Waals surface area contributed by atoms with Gasteiger partial charge in [-0.3, -0.25) is 9.59 Å². The summed E-state index contributed by atoms with van der Waals surface area (Å²) in [6.45, 7) is 4.58. The number of hydrogen-bond donors (Lipinski definition) is 1. The molecule has 1 fully saturated rings. The minimum Gasteiger partial charge on any atom is -0.450 e. The van der Waals surface area contributed by atoms with E-state index in [1.807, 2.05) is 0 Å². The van der Waals surface area contributed by atoms with Crippen molar-refractivity contribution in [2.45, 2.75) is 12.5 Å². The van der Waals surface area contributed by atoms with Gasteiger partial charge in [0.15, 0.2) is 5.43 Å². The molecule has 0 spiro atoms. The number of rotatable bonds is 5. The van der Waals surface area contributed by atoms with E-state index >= 15 is 0 Å². The molecular weight excluding hydrogens is 435 g/mol. The number of amides is 1. The van der Waals surface area contributed by atoms with Crippen molar-refractivity contribution in [3.8, 4) is 0 Å². The smallest absolute Gasteiger partial charge is 0.290 e. The summed E-state index contributed by atoms with van der Waals surface area (Å²) < 4.78 is 26.1. The van der Waals surface area contributed by atoms with Crippen LogP contribution < -0.4 is 10.3 Å². The van der Waals surface area contributed by atoms with E-state index in [0.29, 0.717) is 17.2 Å². The van der Waals surface area contributed by atoms with E-state index in [-0.39, 0.29) is 33.6 Å². The Labute approximate surface area is 189 Å². The minimum absolute atomic E-state index is 0.0169. The lowest BCUT2D eigenvalue weighted by atomic mass is 9.98. The Morgan fingerprint density at radius 2 is 1.91 bits per heavy atom. The number of ether oxygens (including phenoxy) is 1. The molecule has 8 heteroatoms. The number of nitrogens with one attached hydrogen (secondary N) is 1. The van der Waals surface area contributed by atoms with Gasteiger partial charge in [0.2, 0.25) is 5.76 Å². The van der Waals surface area contributed by atoms with Crippen molar-refractivity contribution >= 4 is 28.5 Å². The van der Waals surface area contributed by atoms with Gasteiger partial charge in [0.1, 0.15) is 24.5 Å². The fourth-order valence-corrected chi connectivity index (χ4v) is 4.82. The number of halogens is 2. The molecular formula is C24H23ClFN2O4+. The number of morpholine rings is 1. The monoisotopic (exact) mass is 457 g/mol. The highest BCUT2D eigenvalue weighted by atomic mass is 35.5. The van der Waals surface area contributed by atoms with Crippen LogP contribution in [0.15, 0.2) is 51.7 Å². The van der Waals surface area contributed by atoms with Gasteiger partial charge in [-0.25, -0.2) is 4.39 Å². The summed E-state index contributed by atoms with van der Waals surface area (Å²) in [6, 6.07) is 10.1. The van der Waals surface area contributed by atoms with Gasteiger partial charge in [0.05, 0.1) is 36.8 Å². The number of nitrogens with zero attached hydrogens (tertiary/aromatic N) is 1. The zero-order valence-corrected chi connectivity index (χ0v) is 18.2. The van der Waals surface area contributed by atoms with Crippen molar-refractivity contribution in [3.63, 3.8) is 0 Å². The van der Waals surface area contributed by atoms with Crippen molar-refractivity contribution in [2.24, 2.45) is 0 Å². The summed E-state index contributed by atoms with van der Waals surface area (Å²) in [5.74, 6) is -0.872. The van der Waals surface area contributed by atoms with E-state index in [9.17, 15) is 14.0 Å². The van der Waals surface area contributed by atoms with Gasteiger partial charge in [-0.1, -0.05) is 29.8 Å². The predicted octanol–water partition coefficient (Wildman–Crippen LogP) is 2.44. The Bertz CT molecular complexity index is 1240. The highest BCUT2D eigenvalue weighted by molar-refractivity contribution is 6.31. The van der Waals surface area contributed by atoms with Crippen molar-refractivity contribution in [3.05, 3.63) is 80.4 Å². The van der Waals surface area contributed by atoms with Crippen molar-refractivity contribution in [2.75, 3.05) is 39.4 Å². The standard InChI is InChI=1S/C24H22ClFN2O4/c25-15-6-7-19-17(14-15)22(29)20-21(16-4-1-2-5-18(16)26)28(24(30)23(20)32-19)9-3-8-27-10-12-31-13-11-27/h1-2,4-7,14,21H,3,8-13H2/p+1/t21-/m0/s1. The van der Waals surface area contributed by atoms with Gasteiger partial charge >= 0.3 is 0 Å². The minimum atomic E-state index is -0.835. The number of benzene rings is 2. The molecule has 1 saturated heterocycles. The van der Waals surface area contributed by atoms with Gasteiger partial charge < -0.3 is 19.0 Å². The van der Waals surface area contributed by atoms with E-state index < -0.39 is 11.9 Å². The number of quaternary nitrogens is 1. The second kappa shape index (κ2) is 8.65.